The first-order chi connectivity index (χ1) is 13.6. The van der Waals surface area contributed by atoms with Gasteiger partial charge in [0.2, 0.25) is 0 Å². The van der Waals surface area contributed by atoms with Crippen LogP contribution in [-0.2, 0) is 14.3 Å². The topological polar surface area (TPSA) is 65.0 Å². The number of allylic oxidation sites excluding steroid dienone is 2. The van der Waals surface area contributed by atoms with Crippen molar-refractivity contribution < 1.29 is 19.1 Å². The maximum Gasteiger partial charge on any atom is 0.315 e. The van der Waals surface area contributed by atoms with Crippen LogP contribution in [-0.4, -0.2) is 42.7 Å². The summed E-state index contributed by atoms with van der Waals surface area (Å²) in [7, 11) is 1.61. The SMILES string of the molecule is CCSCCOC(=O)C1C(C)=NC2=C(C(=O)CCC2)[C@@H]1c1ccccc1OC. The van der Waals surface area contributed by atoms with Gasteiger partial charge in [0.15, 0.2) is 5.78 Å². The van der Waals surface area contributed by atoms with Crippen LogP contribution in [0.25, 0.3) is 0 Å². The van der Waals surface area contributed by atoms with Crippen LogP contribution in [0.4, 0.5) is 0 Å². The number of hydrogen-bond donors (Lipinski definition) is 0. The monoisotopic (exact) mass is 401 g/mol. The zero-order valence-electron chi connectivity index (χ0n) is 16.7. The third-order valence-electron chi connectivity index (χ3n) is 5.24. The fourth-order valence-electron chi connectivity index (χ4n) is 4.01. The number of ketones is 1. The molecule has 5 nitrogen and oxygen atoms in total. The van der Waals surface area contributed by atoms with E-state index in [2.05, 4.69) is 11.9 Å². The molecule has 0 aromatic heterocycles. The molecule has 1 aliphatic carbocycles. The average molecular weight is 402 g/mol. The average Bonchev–Trinajstić information content (AvgIpc) is 2.70. The van der Waals surface area contributed by atoms with E-state index < -0.39 is 11.8 Å². The third kappa shape index (κ3) is 4.17. The van der Waals surface area contributed by atoms with Crippen LogP contribution in [0, 0.1) is 5.92 Å². The molecule has 1 aromatic carbocycles. The number of para-hydroxylation sites is 1. The van der Waals surface area contributed by atoms with Crippen molar-refractivity contribution in [3.63, 3.8) is 0 Å². The van der Waals surface area contributed by atoms with Crippen molar-refractivity contribution in [3.8, 4) is 5.75 Å². The maximum absolute atomic E-state index is 13.0. The van der Waals surface area contributed by atoms with Crippen molar-refractivity contribution in [2.45, 2.75) is 39.0 Å². The molecule has 3 rings (SSSR count). The molecule has 2 aliphatic rings. The molecule has 1 unspecified atom stereocenters. The second-order valence-corrected chi connectivity index (χ2v) is 8.35. The summed E-state index contributed by atoms with van der Waals surface area (Å²) in [5.41, 5.74) is 3.02. The Morgan fingerprint density at radius 2 is 2.07 bits per heavy atom. The Balaban J connectivity index is 2.02. The van der Waals surface area contributed by atoms with Gasteiger partial charge in [0, 0.05) is 40.6 Å². The van der Waals surface area contributed by atoms with E-state index in [-0.39, 0.29) is 11.8 Å². The highest BCUT2D eigenvalue weighted by atomic mass is 32.2. The summed E-state index contributed by atoms with van der Waals surface area (Å²) in [6.07, 6.45) is 2.06. The molecule has 2 atom stereocenters. The van der Waals surface area contributed by atoms with E-state index in [0.717, 1.165) is 35.6 Å². The Morgan fingerprint density at radius 1 is 1.29 bits per heavy atom. The number of thioether (sulfide) groups is 1. The first-order valence-corrected chi connectivity index (χ1v) is 10.9. The van der Waals surface area contributed by atoms with Crippen LogP contribution in [0.2, 0.25) is 0 Å². The Morgan fingerprint density at radius 3 is 2.82 bits per heavy atom. The normalized spacial score (nSPS) is 21.8. The minimum atomic E-state index is -0.608. The lowest BCUT2D eigenvalue weighted by Crippen LogP contribution is -2.37. The molecule has 0 spiro atoms. The first kappa shape index (κ1) is 20.6. The van der Waals surface area contributed by atoms with E-state index in [1.54, 1.807) is 18.9 Å². The highest BCUT2D eigenvalue weighted by Crippen LogP contribution is 2.46. The van der Waals surface area contributed by atoms with Crippen molar-refractivity contribution in [1.82, 2.24) is 0 Å². The van der Waals surface area contributed by atoms with Crippen molar-refractivity contribution in [3.05, 3.63) is 41.1 Å². The van der Waals surface area contributed by atoms with Gasteiger partial charge in [0.25, 0.3) is 0 Å². The highest BCUT2D eigenvalue weighted by Gasteiger charge is 2.44. The second-order valence-electron chi connectivity index (χ2n) is 6.95. The van der Waals surface area contributed by atoms with Crippen molar-refractivity contribution >= 4 is 29.2 Å². The van der Waals surface area contributed by atoms with Gasteiger partial charge in [0.1, 0.15) is 18.3 Å². The summed E-state index contributed by atoms with van der Waals surface area (Å²) >= 11 is 1.73. The fourth-order valence-corrected chi connectivity index (χ4v) is 4.50. The molecule has 0 saturated carbocycles. The Hall–Kier alpha value is -2.08. The number of aliphatic imine (C=N–C) groups is 1. The van der Waals surface area contributed by atoms with Crippen molar-refractivity contribution in [2.75, 3.05) is 25.2 Å². The summed E-state index contributed by atoms with van der Waals surface area (Å²) in [6, 6.07) is 7.60. The van der Waals surface area contributed by atoms with Gasteiger partial charge >= 0.3 is 5.97 Å². The fraction of sp³-hybridized carbons (Fsp3) is 0.500. The number of hydrogen-bond acceptors (Lipinski definition) is 6. The van der Waals surface area contributed by atoms with Gasteiger partial charge < -0.3 is 9.47 Å². The van der Waals surface area contributed by atoms with Crippen LogP contribution in [0.5, 0.6) is 5.75 Å². The number of rotatable bonds is 7. The number of benzene rings is 1. The molecule has 0 radical (unpaired) electrons. The third-order valence-corrected chi connectivity index (χ3v) is 6.10. The number of carbonyl (C=O) groups excluding carboxylic acids is 2. The summed E-state index contributed by atoms with van der Waals surface area (Å²) in [5, 5.41) is 0. The molecule has 28 heavy (non-hydrogen) atoms. The molecule has 1 aliphatic heterocycles. The smallest absolute Gasteiger partial charge is 0.315 e. The van der Waals surface area contributed by atoms with Gasteiger partial charge in [-0.05, 0) is 31.6 Å². The molecule has 0 amide bonds. The molecule has 1 aromatic rings. The number of ether oxygens (including phenoxy) is 2. The summed E-state index contributed by atoms with van der Waals surface area (Å²) in [5.74, 6) is 1.15. The van der Waals surface area contributed by atoms with Crippen LogP contribution < -0.4 is 4.74 Å². The van der Waals surface area contributed by atoms with Crippen LogP contribution in [0.3, 0.4) is 0 Å². The lowest BCUT2D eigenvalue weighted by Gasteiger charge is -2.35. The molecule has 0 saturated heterocycles. The zero-order valence-corrected chi connectivity index (χ0v) is 17.5. The molecular weight excluding hydrogens is 374 g/mol. The van der Waals surface area contributed by atoms with Gasteiger partial charge in [-0.25, -0.2) is 0 Å². The Kier molecular flexibility index (Phi) is 6.94. The van der Waals surface area contributed by atoms with Gasteiger partial charge in [-0.3, -0.25) is 14.6 Å². The largest absolute Gasteiger partial charge is 0.496 e. The maximum atomic E-state index is 13.0. The highest BCUT2D eigenvalue weighted by molar-refractivity contribution is 7.99. The quantitative estimate of drug-likeness (QED) is 0.507. The van der Waals surface area contributed by atoms with Gasteiger partial charge in [0.05, 0.1) is 7.11 Å². The van der Waals surface area contributed by atoms with Crippen LogP contribution in [0.1, 0.15) is 44.6 Å². The minimum absolute atomic E-state index is 0.0766. The molecule has 0 fully saturated rings. The predicted octanol–water partition coefficient (Wildman–Crippen LogP) is 4.17. The number of esters is 1. The van der Waals surface area contributed by atoms with E-state index in [9.17, 15) is 9.59 Å². The van der Waals surface area contributed by atoms with E-state index >= 15 is 0 Å². The Labute approximate surface area is 170 Å². The van der Waals surface area contributed by atoms with E-state index in [0.29, 0.717) is 30.1 Å². The first-order valence-electron chi connectivity index (χ1n) is 9.77. The number of Topliss-reactive ketones (excluding diaryl/α,β-unsaturated/α-hetero) is 1. The molecule has 6 heteroatoms. The number of methoxy groups -OCH3 is 1. The van der Waals surface area contributed by atoms with E-state index in [1.807, 2.05) is 31.2 Å². The molecule has 1 heterocycles. The van der Waals surface area contributed by atoms with Gasteiger partial charge in [-0.1, -0.05) is 25.1 Å². The standard InChI is InChI=1S/C22H27NO4S/c1-4-28-13-12-27-22(25)19-14(2)23-16-9-7-10-17(24)21(16)20(19)15-8-5-6-11-18(15)26-3/h5-6,8,11,19-20H,4,7,9-10,12-13H2,1-3H3/t19?,20-/m1/s1. The molecular formula is C22H27NO4S. The Bertz CT molecular complexity index is 815. The molecule has 150 valence electrons. The van der Waals surface area contributed by atoms with Gasteiger partial charge in [-0.2, -0.15) is 11.8 Å². The zero-order chi connectivity index (χ0) is 20.1. The lowest BCUT2D eigenvalue weighted by molar-refractivity contribution is -0.145. The van der Waals surface area contributed by atoms with Crippen molar-refractivity contribution in [2.24, 2.45) is 10.9 Å². The molecule has 0 bridgehead atoms. The molecule has 0 N–H and O–H groups in total. The van der Waals surface area contributed by atoms with E-state index in [4.69, 9.17) is 9.47 Å². The summed E-state index contributed by atoms with van der Waals surface area (Å²) in [6.45, 7) is 4.29. The number of nitrogens with zero attached hydrogens (tertiary/aromatic N) is 1. The van der Waals surface area contributed by atoms with Crippen LogP contribution in [0.15, 0.2) is 40.5 Å². The predicted molar refractivity (Wildman–Crippen MR) is 112 cm³/mol. The summed E-state index contributed by atoms with van der Waals surface area (Å²) < 4.78 is 11.1. The van der Waals surface area contributed by atoms with Crippen LogP contribution >= 0.6 is 11.8 Å². The minimum Gasteiger partial charge on any atom is -0.496 e. The summed E-state index contributed by atoms with van der Waals surface area (Å²) in [4.78, 5) is 30.6. The van der Waals surface area contributed by atoms with Gasteiger partial charge in [-0.15, -0.1) is 0 Å². The lowest BCUT2D eigenvalue weighted by atomic mass is 9.71. The second kappa shape index (κ2) is 9.41. The van der Waals surface area contributed by atoms with E-state index in [1.165, 1.54) is 0 Å². The number of carbonyl (C=O) groups is 2. The van der Waals surface area contributed by atoms with Crippen molar-refractivity contribution in [1.29, 1.82) is 0 Å².